The first-order chi connectivity index (χ1) is 15.6. The Labute approximate surface area is 194 Å². The van der Waals surface area contributed by atoms with Gasteiger partial charge in [-0.05, 0) is 42.7 Å². The minimum Gasteiger partial charge on any atom is -0.317 e. The van der Waals surface area contributed by atoms with Crippen molar-refractivity contribution in [3.05, 3.63) is 84.5 Å². The molecule has 0 heterocycles. The number of allylic oxidation sites excluding steroid dienone is 3. The molecule has 0 aliphatic heterocycles. The number of rotatable bonds is 11. The maximum Gasteiger partial charge on any atom is 0.349 e. The van der Waals surface area contributed by atoms with E-state index in [9.17, 15) is 9.59 Å². The van der Waals surface area contributed by atoms with Crippen LogP contribution in [0.3, 0.4) is 0 Å². The highest BCUT2D eigenvalue weighted by Gasteiger charge is 2.40. The van der Waals surface area contributed by atoms with Crippen molar-refractivity contribution in [3.63, 3.8) is 0 Å². The maximum absolute atomic E-state index is 13.0. The number of unbranched alkanes of at least 4 members (excludes halogenated alkanes) is 3. The van der Waals surface area contributed by atoms with Crippen molar-refractivity contribution in [2.75, 3.05) is 0 Å². The minimum atomic E-state index is -0.952. The molecule has 1 aliphatic carbocycles. The lowest BCUT2D eigenvalue weighted by Crippen LogP contribution is -2.35. The number of carbonyl (C=O) groups is 2. The summed E-state index contributed by atoms with van der Waals surface area (Å²) >= 11 is 1.67. The lowest BCUT2D eigenvalue weighted by molar-refractivity contribution is -0.148. The van der Waals surface area contributed by atoms with E-state index >= 15 is 0 Å². The van der Waals surface area contributed by atoms with Crippen LogP contribution < -0.4 is 0 Å². The quantitative estimate of drug-likeness (QED) is 0.167. The zero-order valence-corrected chi connectivity index (χ0v) is 19.2. The lowest BCUT2D eigenvalue weighted by Gasteiger charge is -2.28. The molecular formula is C27H29NO3S. The Morgan fingerprint density at radius 2 is 1.75 bits per heavy atom. The molecule has 0 bridgehead atoms. The molecular weight excluding hydrogens is 418 g/mol. The van der Waals surface area contributed by atoms with Gasteiger partial charge in [0.1, 0.15) is 11.6 Å². The van der Waals surface area contributed by atoms with Gasteiger partial charge in [0.2, 0.25) is 0 Å². The second-order valence-electron chi connectivity index (χ2n) is 7.79. The smallest absolute Gasteiger partial charge is 0.317 e. The Kier molecular flexibility index (Phi) is 9.05. The van der Waals surface area contributed by atoms with Crippen molar-refractivity contribution in [3.8, 4) is 0 Å². The standard InChI is InChI=1S/C27H29NO3S/c1-2-3-4-7-12-23(29)21-28-31-26(30)27(19-10-6-11-20-27)22-15-17-25(18-16-22)32-24-13-8-5-9-14-24/h5-6,8-11,13-19,21H,2-4,7,12,20H2,1H3. The largest absolute Gasteiger partial charge is 0.349 e. The Bertz CT molecular complexity index is 980. The number of carbonyl (C=O) groups excluding carboxylic acids is 2. The minimum absolute atomic E-state index is 0.121. The predicted octanol–water partition coefficient (Wildman–Crippen LogP) is 6.66. The Hall–Kier alpha value is -2.92. The third-order valence-corrected chi connectivity index (χ3v) is 6.41. The van der Waals surface area contributed by atoms with Crippen LogP contribution in [0.25, 0.3) is 0 Å². The van der Waals surface area contributed by atoms with E-state index in [0.29, 0.717) is 12.8 Å². The molecule has 0 amide bonds. The van der Waals surface area contributed by atoms with E-state index < -0.39 is 11.4 Å². The molecule has 2 aromatic carbocycles. The van der Waals surface area contributed by atoms with E-state index in [2.05, 4.69) is 24.2 Å². The summed E-state index contributed by atoms with van der Waals surface area (Å²) in [5.74, 6) is -0.610. The summed E-state index contributed by atoms with van der Waals surface area (Å²) in [4.78, 5) is 32.4. The van der Waals surface area contributed by atoms with Crippen LogP contribution in [0.4, 0.5) is 0 Å². The van der Waals surface area contributed by atoms with Crippen LogP contribution in [0, 0.1) is 0 Å². The van der Waals surface area contributed by atoms with Crippen molar-refractivity contribution in [2.45, 2.75) is 60.7 Å². The molecule has 0 spiro atoms. The van der Waals surface area contributed by atoms with Gasteiger partial charge < -0.3 is 4.84 Å². The van der Waals surface area contributed by atoms with E-state index in [1.807, 2.05) is 66.8 Å². The summed E-state index contributed by atoms with van der Waals surface area (Å²) in [6, 6.07) is 18.1. The molecule has 32 heavy (non-hydrogen) atoms. The summed E-state index contributed by atoms with van der Waals surface area (Å²) in [5, 5.41) is 3.70. The first-order valence-corrected chi connectivity index (χ1v) is 11.9. The maximum atomic E-state index is 13.0. The van der Waals surface area contributed by atoms with Gasteiger partial charge in [0, 0.05) is 16.2 Å². The molecule has 4 nitrogen and oxygen atoms in total. The molecule has 1 aliphatic rings. The van der Waals surface area contributed by atoms with Crippen LogP contribution in [0.5, 0.6) is 0 Å². The number of hydrogen-bond donors (Lipinski definition) is 0. The lowest BCUT2D eigenvalue weighted by atomic mass is 9.75. The van der Waals surface area contributed by atoms with E-state index in [-0.39, 0.29) is 5.78 Å². The molecule has 5 heteroatoms. The van der Waals surface area contributed by atoms with Gasteiger partial charge in [-0.1, -0.05) is 97.7 Å². The van der Waals surface area contributed by atoms with Crippen molar-refractivity contribution in [1.29, 1.82) is 0 Å². The second kappa shape index (κ2) is 12.2. The van der Waals surface area contributed by atoms with Gasteiger partial charge in [-0.25, -0.2) is 4.79 Å². The van der Waals surface area contributed by atoms with E-state index in [1.54, 1.807) is 11.8 Å². The highest BCUT2D eigenvalue weighted by atomic mass is 32.2. The van der Waals surface area contributed by atoms with Gasteiger partial charge in [0.05, 0.1) is 0 Å². The number of benzene rings is 2. The van der Waals surface area contributed by atoms with E-state index in [0.717, 1.165) is 47.3 Å². The zero-order chi connectivity index (χ0) is 22.7. The molecule has 0 radical (unpaired) electrons. The van der Waals surface area contributed by atoms with Gasteiger partial charge in [0.15, 0.2) is 5.78 Å². The molecule has 0 saturated heterocycles. The van der Waals surface area contributed by atoms with Crippen molar-refractivity contribution < 1.29 is 14.4 Å². The molecule has 166 valence electrons. The van der Waals surface area contributed by atoms with Crippen LogP contribution in [0.15, 0.2) is 93.8 Å². The van der Waals surface area contributed by atoms with Crippen LogP contribution in [-0.2, 0) is 19.8 Å². The highest BCUT2D eigenvalue weighted by Crippen LogP contribution is 2.36. The summed E-state index contributed by atoms with van der Waals surface area (Å²) < 4.78 is 0. The number of nitrogens with zero attached hydrogens (tertiary/aromatic N) is 1. The number of hydrogen-bond acceptors (Lipinski definition) is 5. The molecule has 0 saturated carbocycles. The van der Waals surface area contributed by atoms with E-state index in [1.165, 1.54) is 0 Å². The number of oxime groups is 1. The number of Topliss-reactive ketones (excluding diaryl/α,β-unsaturated/α-hetero) is 1. The third kappa shape index (κ3) is 6.54. The average molecular weight is 448 g/mol. The highest BCUT2D eigenvalue weighted by molar-refractivity contribution is 7.99. The fourth-order valence-electron chi connectivity index (χ4n) is 3.55. The normalized spacial score (nSPS) is 17.5. The zero-order valence-electron chi connectivity index (χ0n) is 18.4. The van der Waals surface area contributed by atoms with Crippen LogP contribution in [0.1, 0.15) is 51.0 Å². The van der Waals surface area contributed by atoms with Crippen molar-refractivity contribution in [2.24, 2.45) is 5.16 Å². The van der Waals surface area contributed by atoms with Gasteiger partial charge in [0.25, 0.3) is 0 Å². The predicted molar refractivity (Wildman–Crippen MR) is 130 cm³/mol. The molecule has 0 N–H and O–H groups in total. The van der Waals surface area contributed by atoms with Gasteiger partial charge in [-0.2, -0.15) is 0 Å². The van der Waals surface area contributed by atoms with Crippen LogP contribution in [-0.4, -0.2) is 18.0 Å². The Morgan fingerprint density at radius 1 is 1.00 bits per heavy atom. The van der Waals surface area contributed by atoms with Crippen molar-refractivity contribution in [1.82, 2.24) is 0 Å². The fourth-order valence-corrected chi connectivity index (χ4v) is 4.39. The average Bonchev–Trinajstić information content (AvgIpc) is 2.83. The monoisotopic (exact) mass is 447 g/mol. The summed E-state index contributed by atoms with van der Waals surface area (Å²) in [6.45, 7) is 2.13. The fraction of sp³-hybridized carbons (Fsp3) is 0.296. The molecule has 0 aromatic heterocycles. The third-order valence-electron chi connectivity index (χ3n) is 5.39. The van der Waals surface area contributed by atoms with Gasteiger partial charge >= 0.3 is 5.97 Å². The summed E-state index contributed by atoms with van der Waals surface area (Å²) in [6.07, 6.45) is 13.7. The SMILES string of the molecule is CCCCCCC(=O)C=NOC(=O)C1(c2ccc(Sc3ccccc3)cc2)C=CC=CC1. The number of ketones is 1. The van der Waals surface area contributed by atoms with Crippen molar-refractivity contribution >= 4 is 29.7 Å². The van der Waals surface area contributed by atoms with Crippen LogP contribution >= 0.6 is 11.8 Å². The van der Waals surface area contributed by atoms with Gasteiger partial charge in [-0.15, -0.1) is 0 Å². The Morgan fingerprint density at radius 3 is 2.44 bits per heavy atom. The summed E-state index contributed by atoms with van der Waals surface area (Å²) in [5.41, 5.74) is -0.117. The first-order valence-electron chi connectivity index (χ1n) is 11.1. The molecule has 0 fully saturated rings. The molecule has 3 rings (SSSR count). The Balaban J connectivity index is 1.66. The second-order valence-corrected chi connectivity index (χ2v) is 8.94. The topological polar surface area (TPSA) is 55.7 Å². The first kappa shape index (κ1) is 23.7. The molecule has 1 atom stereocenters. The molecule has 1 unspecified atom stereocenters. The van der Waals surface area contributed by atoms with Crippen LogP contribution in [0.2, 0.25) is 0 Å². The molecule has 2 aromatic rings. The van der Waals surface area contributed by atoms with Gasteiger partial charge in [-0.3, -0.25) is 4.79 Å². The summed E-state index contributed by atoms with van der Waals surface area (Å²) in [7, 11) is 0. The van der Waals surface area contributed by atoms with E-state index in [4.69, 9.17) is 4.84 Å².